The average Bonchev–Trinajstić information content (AvgIpc) is 2.61. The van der Waals surface area contributed by atoms with Crippen LogP contribution >= 0.6 is 0 Å². The summed E-state index contributed by atoms with van der Waals surface area (Å²) in [5, 5.41) is 34.5. The lowest BCUT2D eigenvalue weighted by molar-refractivity contribution is -0.142. The first-order valence-electron chi connectivity index (χ1n) is 8.64. The Bertz CT molecular complexity index is 541. The highest BCUT2D eigenvalue weighted by Gasteiger charge is 2.32. The lowest BCUT2D eigenvalue weighted by Gasteiger charge is -2.26. The van der Waals surface area contributed by atoms with E-state index in [1.165, 1.54) is 13.8 Å². The highest BCUT2D eigenvalue weighted by Crippen LogP contribution is 2.06. The van der Waals surface area contributed by atoms with Gasteiger partial charge in [-0.1, -0.05) is 20.3 Å². The third kappa shape index (κ3) is 7.89. The van der Waals surface area contributed by atoms with E-state index in [1.807, 2.05) is 6.92 Å². The fourth-order valence-electron chi connectivity index (χ4n) is 2.00. The summed E-state index contributed by atoms with van der Waals surface area (Å²) in [6, 6.07) is -4.99. The molecule has 0 bridgehead atoms. The zero-order valence-electron chi connectivity index (χ0n) is 15.9. The number of carboxylic acids is 1. The summed E-state index contributed by atoms with van der Waals surface area (Å²) in [4.78, 5) is 47.2. The maximum Gasteiger partial charge on any atom is 0.325 e. The Balaban J connectivity index is 5.07. The first-order chi connectivity index (χ1) is 12.5. The van der Waals surface area contributed by atoms with Gasteiger partial charge in [-0.2, -0.15) is 0 Å². The molecular formula is C16H30N4O7. The maximum absolute atomic E-state index is 12.3. The molecule has 6 unspecified atom stereocenters. The molecule has 0 fully saturated rings. The monoisotopic (exact) mass is 390 g/mol. The normalized spacial score (nSPS) is 17.6. The minimum Gasteiger partial charge on any atom is -0.480 e. The Morgan fingerprint density at radius 2 is 1.52 bits per heavy atom. The number of hydrogen-bond donors (Lipinski definition) is 7. The number of rotatable bonds is 11. The highest BCUT2D eigenvalue weighted by atomic mass is 16.4. The van der Waals surface area contributed by atoms with Gasteiger partial charge in [-0.25, -0.2) is 0 Å². The largest absolute Gasteiger partial charge is 0.480 e. The summed E-state index contributed by atoms with van der Waals surface area (Å²) in [5.41, 5.74) is 5.79. The Kier molecular flexibility index (Phi) is 10.5. The van der Waals surface area contributed by atoms with Crippen LogP contribution in [0.1, 0.15) is 34.1 Å². The van der Waals surface area contributed by atoms with E-state index in [2.05, 4.69) is 16.0 Å². The Morgan fingerprint density at radius 3 is 1.93 bits per heavy atom. The number of aliphatic hydroxyl groups excluding tert-OH is 2. The van der Waals surface area contributed by atoms with Crippen molar-refractivity contribution in [3.8, 4) is 0 Å². The quantitative estimate of drug-likeness (QED) is 0.198. The summed E-state index contributed by atoms with van der Waals surface area (Å²) in [5.74, 6) is -3.94. The number of aliphatic hydroxyl groups is 2. The third-order valence-electron chi connectivity index (χ3n) is 4.17. The van der Waals surface area contributed by atoms with Gasteiger partial charge in [0.1, 0.15) is 18.1 Å². The van der Waals surface area contributed by atoms with Gasteiger partial charge in [-0.15, -0.1) is 0 Å². The molecule has 0 rings (SSSR count). The van der Waals surface area contributed by atoms with E-state index >= 15 is 0 Å². The van der Waals surface area contributed by atoms with E-state index in [4.69, 9.17) is 10.8 Å². The maximum atomic E-state index is 12.3. The van der Waals surface area contributed by atoms with Gasteiger partial charge in [-0.05, 0) is 19.8 Å². The van der Waals surface area contributed by atoms with Crippen LogP contribution in [0.2, 0.25) is 0 Å². The molecule has 11 nitrogen and oxygen atoms in total. The predicted octanol–water partition coefficient (Wildman–Crippen LogP) is -2.71. The SMILES string of the molecule is CCC(C)C(N)C(=O)NC(C(=O)NC(CO)C(=O)NC(C)C(=O)O)C(C)O. The van der Waals surface area contributed by atoms with Crippen LogP contribution in [-0.2, 0) is 19.2 Å². The van der Waals surface area contributed by atoms with E-state index in [9.17, 15) is 29.4 Å². The second-order valence-electron chi connectivity index (χ2n) is 6.45. The molecule has 0 aromatic carbocycles. The molecule has 0 saturated carbocycles. The number of nitrogens with two attached hydrogens (primary N) is 1. The molecular weight excluding hydrogens is 360 g/mol. The van der Waals surface area contributed by atoms with Crippen molar-refractivity contribution < 1.29 is 34.5 Å². The van der Waals surface area contributed by atoms with Crippen LogP contribution < -0.4 is 21.7 Å². The highest BCUT2D eigenvalue weighted by molar-refractivity contribution is 5.94. The summed E-state index contributed by atoms with van der Waals surface area (Å²) in [6.07, 6.45) is -0.673. The molecule has 0 radical (unpaired) electrons. The molecule has 8 N–H and O–H groups in total. The van der Waals surface area contributed by atoms with Crippen LogP contribution in [0.4, 0.5) is 0 Å². The molecule has 0 aromatic heterocycles. The fraction of sp³-hybridized carbons (Fsp3) is 0.750. The molecule has 27 heavy (non-hydrogen) atoms. The van der Waals surface area contributed by atoms with E-state index < -0.39 is 60.6 Å². The smallest absolute Gasteiger partial charge is 0.325 e. The van der Waals surface area contributed by atoms with Crippen LogP contribution in [-0.4, -0.2) is 75.9 Å². The van der Waals surface area contributed by atoms with Crippen molar-refractivity contribution >= 4 is 23.7 Å². The van der Waals surface area contributed by atoms with Crippen molar-refractivity contribution in [3.63, 3.8) is 0 Å². The second-order valence-corrected chi connectivity index (χ2v) is 6.45. The Labute approximate surface area is 157 Å². The van der Waals surface area contributed by atoms with Crippen molar-refractivity contribution in [3.05, 3.63) is 0 Å². The lowest BCUT2D eigenvalue weighted by atomic mass is 9.98. The first kappa shape index (κ1) is 24.8. The molecule has 3 amide bonds. The van der Waals surface area contributed by atoms with Crippen LogP contribution in [0, 0.1) is 5.92 Å². The molecule has 0 heterocycles. The predicted molar refractivity (Wildman–Crippen MR) is 95.3 cm³/mol. The van der Waals surface area contributed by atoms with Crippen molar-refractivity contribution in [1.29, 1.82) is 0 Å². The van der Waals surface area contributed by atoms with Crippen LogP contribution in [0.25, 0.3) is 0 Å². The van der Waals surface area contributed by atoms with E-state index in [1.54, 1.807) is 6.92 Å². The summed E-state index contributed by atoms with van der Waals surface area (Å²) >= 11 is 0. The number of carbonyl (C=O) groups excluding carboxylic acids is 3. The van der Waals surface area contributed by atoms with Crippen LogP contribution in [0.15, 0.2) is 0 Å². The second kappa shape index (κ2) is 11.5. The van der Waals surface area contributed by atoms with Gasteiger partial charge in [0.15, 0.2) is 0 Å². The number of carbonyl (C=O) groups is 4. The summed E-state index contributed by atoms with van der Waals surface area (Å²) in [6.45, 7) is 5.28. The standard InChI is InChI=1S/C16H30N4O7/c1-5-7(2)11(17)14(24)20-12(9(4)22)15(25)19-10(6-21)13(23)18-8(3)16(26)27/h7-12,21-22H,5-6,17H2,1-4H3,(H,18,23)(H,19,25)(H,20,24)(H,26,27). The number of amides is 3. The first-order valence-corrected chi connectivity index (χ1v) is 8.64. The molecule has 0 aliphatic rings. The van der Waals surface area contributed by atoms with Crippen molar-refractivity contribution in [2.75, 3.05) is 6.61 Å². The van der Waals surface area contributed by atoms with Gasteiger partial charge in [0.25, 0.3) is 0 Å². The van der Waals surface area contributed by atoms with Gasteiger partial charge in [0.2, 0.25) is 17.7 Å². The molecule has 0 aliphatic heterocycles. The molecule has 0 aromatic rings. The number of aliphatic carboxylic acids is 1. The zero-order chi connectivity index (χ0) is 21.3. The number of nitrogens with one attached hydrogen (secondary N) is 3. The lowest BCUT2D eigenvalue weighted by Crippen LogP contribution is -2.60. The fourth-order valence-corrected chi connectivity index (χ4v) is 2.00. The van der Waals surface area contributed by atoms with Crippen molar-refractivity contribution in [1.82, 2.24) is 16.0 Å². The molecule has 0 spiro atoms. The van der Waals surface area contributed by atoms with Crippen molar-refractivity contribution in [2.24, 2.45) is 11.7 Å². The van der Waals surface area contributed by atoms with Gasteiger partial charge in [0.05, 0.1) is 18.8 Å². The molecule has 0 aliphatic carbocycles. The Hall–Kier alpha value is -2.24. The van der Waals surface area contributed by atoms with Gasteiger partial charge < -0.3 is 37.0 Å². The number of carboxylic acid groups (broad SMARTS) is 1. The minimum atomic E-state index is -1.46. The van der Waals surface area contributed by atoms with Crippen molar-refractivity contribution in [2.45, 2.75) is 64.4 Å². The minimum absolute atomic E-state index is 0.156. The average molecular weight is 390 g/mol. The molecule has 6 atom stereocenters. The summed E-state index contributed by atoms with van der Waals surface area (Å²) < 4.78 is 0. The van der Waals surface area contributed by atoms with E-state index in [0.717, 1.165) is 0 Å². The molecule has 0 saturated heterocycles. The third-order valence-corrected chi connectivity index (χ3v) is 4.17. The molecule has 11 heteroatoms. The van der Waals surface area contributed by atoms with E-state index in [0.29, 0.717) is 6.42 Å². The van der Waals surface area contributed by atoms with Crippen LogP contribution in [0.5, 0.6) is 0 Å². The van der Waals surface area contributed by atoms with Gasteiger partial charge in [-0.3, -0.25) is 19.2 Å². The van der Waals surface area contributed by atoms with Gasteiger partial charge in [0, 0.05) is 0 Å². The van der Waals surface area contributed by atoms with E-state index in [-0.39, 0.29) is 5.92 Å². The zero-order valence-corrected chi connectivity index (χ0v) is 15.9. The Morgan fingerprint density at radius 1 is 0.963 bits per heavy atom. The molecule has 156 valence electrons. The summed E-state index contributed by atoms with van der Waals surface area (Å²) in [7, 11) is 0. The topological polar surface area (TPSA) is 191 Å². The van der Waals surface area contributed by atoms with Crippen LogP contribution in [0.3, 0.4) is 0 Å². The van der Waals surface area contributed by atoms with Gasteiger partial charge >= 0.3 is 5.97 Å². The number of hydrogen-bond acceptors (Lipinski definition) is 7.